The third-order valence-corrected chi connectivity index (χ3v) is 45.7. The van der Waals surface area contributed by atoms with Crippen molar-refractivity contribution in [2.45, 2.75) is 281 Å². The van der Waals surface area contributed by atoms with E-state index in [1.54, 1.807) is 0 Å². The van der Waals surface area contributed by atoms with E-state index in [0.717, 1.165) is 12.1 Å². The van der Waals surface area contributed by atoms with Crippen LogP contribution in [0, 0.1) is 10.8 Å². The molecule has 0 saturated carbocycles. The third-order valence-electron chi connectivity index (χ3n) is 10.8. The lowest BCUT2D eigenvalue weighted by Crippen LogP contribution is -2.41. The van der Waals surface area contributed by atoms with Gasteiger partial charge in [0.25, 0.3) is 0 Å². The fraction of sp³-hybridized carbons (Fsp3) is 0.882. The first kappa shape index (κ1) is 85.4. The molecule has 70 heavy (non-hydrogen) atoms. The first-order chi connectivity index (χ1) is 29.2. The van der Waals surface area contributed by atoms with Crippen LogP contribution in [0.4, 0.5) is 13.2 Å². The van der Waals surface area contributed by atoms with Crippen LogP contribution in [0.3, 0.4) is 0 Å². The van der Waals surface area contributed by atoms with Crippen molar-refractivity contribution in [1.29, 1.82) is 0 Å². The molecular formula is C51H131F3O4Si12. The smallest absolute Gasteiger partial charge is 0.389 e. The van der Waals surface area contributed by atoms with Crippen molar-refractivity contribution >= 4 is 105 Å². The summed E-state index contributed by atoms with van der Waals surface area (Å²) in [7, 11) is -11.9. The van der Waals surface area contributed by atoms with Crippen LogP contribution < -0.4 is 0 Å². The van der Waals surface area contributed by atoms with E-state index in [9.17, 15) is 13.2 Å². The molecule has 4 nitrogen and oxygen atoms in total. The van der Waals surface area contributed by atoms with Gasteiger partial charge in [-0.2, -0.15) is 13.2 Å². The molecule has 0 amide bonds. The van der Waals surface area contributed by atoms with Gasteiger partial charge in [-0.3, -0.25) is 0 Å². The number of hydrogen-bond donors (Lipinski definition) is 0. The maximum absolute atomic E-state index is 12.6. The number of alkyl halides is 3. The zero-order chi connectivity index (χ0) is 52.9. The largest absolute Gasteiger partial charge is 0.460 e. The molecule has 0 spiro atoms. The van der Waals surface area contributed by atoms with Gasteiger partial charge in [-0.1, -0.05) is 165 Å². The van der Waals surface area contributed by atoms with Crippen LogP contribution in [0.5, 0.6) is 0 Å². The van der Waals surface area contributed by atoms with Crippen molar-refractivity contribution in [1.82, 2.24) is 0 Å². The first-order valence-electron chi connectivity index (χ1n) is 26.0. The Bertz CT molecular complexity index is 1380. The average molecular weight is 1200 g/mol. The van der Waals surface area contributed by atoms with E-state index in [4.69, 9.17) is 16.5 Å². The topological polar surface area (TPSA) is 36.9 Å². The number of rotatable bonds is 25. The Morgan fingerprint density at radius 2 is 0.900 bits per heavy atom. The monoisotopic (exact) mass is 1200 g/mol. The van der Waals surface area contributed by atoms with E-state index in [0.29, 0.717) is 10.8 Å². The lowest BCUT2D eigenvalue weighted by Gasteiger charge is -2.38. The fourth-order valence-corrected chi connectivity index (χ4v) is 54.3. The molecule has 0 bridgehead atoms. The highest BCUT2D eigenvalue weighted by Crippen LogP contribution is 2.42. The maximum Gasteiger partial charge on any atom is 0.389 e. The summed E-state index contributed by atoms with van der Waals surface area (Å²) in [5.41, 5.74) is 3.60. The minimum atomic E-state index is -4.04. The zero-order valence-electron chi connectivity index (χ0n) is 49.1. The molecule has 0 aliphatic rings. The van der Waals surface area contributed by atoms with E-state index in [1.165, 1.54) is 35.4 Å². The summed E-state index contributed by atoms with van der Waals surface area (Å²) in [6.07, 6.45) is -4.45. The molecule has 0 aliphatic carbocycles. The summed E-state index contributed by atoms with van der Waals surface area (Å²) in [5.74, 6) is 0. The van der Waals surface area contributed by atoms with Gasteiger partial charge in [0.05, 0.1) is 0 Å². The van der Waals surface area contributed by atoms with Gasteiger partial charge in [-0.05, 0) is 150 Å². The predicted octanol–water partition coefficient (Wildman–Crippen LogP) is 18.1. The molecule has 0 fully saturated rings. The van der Waals surface area contributed by atoms with E-state index in [2.05, 4.69) is 208 Å². The Balaban J connectivity index is -0.000000151. The summed E-state index contributed by atoms with van der Waals surface area (Å²) in [6, 6.07) is 18.4. The molecule has 0 aromatic heterocycles. The summed E-state index contributed by atoms with van der Waals surface area (Å²) in [5, 5.41) is 0. The Morgan fingerprint density at radius 1 is 0.471 bits per heavy atom. The van der Waals surface area contributed by atoms with Gasteiger partial charge in [0.1, 0.15) is 0 Å². The highest BCUT2D eigenvalue weighted by Gasteiger charge is 2.39. The Morgan fingerprint density at radius 3 is 1.24 bits per heavy atom. The quantitative estimate of drug-likeness (QED) is 0.0915. The van der Waals surface area contributed by atoms with Crippen LogP contribution in [-0.4, -0.2) is 111 Å². The van der Waals surface area contributed by atoms with E-state index >= 15 is 0 Å². The molecule has 1 aromatic carbocycles. The van der Waals surface area contributed by atoms with Gasteiger partial charge in [-0.15, -0.1) is 0 Å². The molecule has 4 unspecified atom stereocenters. The molecule has 0 heterocycles. The number of halogens is 3. The lowest BCUT2D eigenvalue weighted by atomic mass is 9.86. The van der Waals surface area contributed by atoms with Crippen LogP contribution in [-0.2, 0) is 21.9 Å². The fourth-order valence-electron chi connectivity index (χ4n) is 11.2. The van der Waals surface area contributed by atoms with Gasteiger partial charge >= 0.3 is 6.18 Å². The maximum atomic E-state index is 12.6. The molecule has 0 radical (unpaired) electrons. The molecule has 0 aliphatic heterocycles. The Hall–Kier alpha value is 1.45. The van der Waals surface area contributed by atoms with Crippen molar-refractivity contribution < 1.29 is 29.6 Å². The normalized spacial score (nSPS) is 15.1. The summed E-state index contributed by atoms with van der Waals surface area (Å²) >= 11 is 0. The van der Waals surface area contributed by atoms with Crippen molar-refractivity contribution in [3.8, 4) is 0 Å². The minimum absolute atomic E-state index is 0. The SMILES string of the molecule is C.C.C.C.C[SiH](C)CC(C)(CCC(F)(F)F)C[Si](C)(C)O[SiH](C)C.C[SiH](C)CC(C)(C[SiH](C)O[SiH](C)C)c1ccccc1.C[SiH](C)C[Si](C)(C)O[SiH](C)C.C[SiH](CC(C)(C)C[Si](C)(C)C)O[Si](C)(C)C. The molecule has 0 saturated heterocycles. The van der Waals surface area contributed by atoms with Crippen molar-refractivity contribution in [3.63, 3.8) is 0 Å². The lowest BCUT2D eigenvalue weighted by molar-refractivity contribution is -0.139. The number of hydrogen-bond acceptors (Lipinski definition) is 4. The molecule has 428 valence electrons. The highest BCUT2D eigenvalue weighted by atomic mass is 28.4. The van der Waals surface area contributed by atoms with Gasteiger partial charge in [0.15, 0.2) is 70.2 Å². The van der Waals surface area contributed by atoms with Gasteiger partial charge < -0.3 is 16.5 Å². The molecule has 1 aromatic rings. The highest BCUT2D eigenvalue weighted by molar-refractivity contribution is 6.87. The Labute approximate surface area is 458 Å². The van der Waals surface area contributed by atoms with Gasteiger partial charge in [-0.25, -0.2) is 0 Å². The standard InChI is InChI=1S/C15H30OSi3.C13H31F3OSi3.C12H32OSi3.C7H22OSi3.4CH4/c1-15(12-17(2)3,13-19(6)16-18(4)5)14-10-8-7-9-11-14;1-12(10-18(2)3,8-9-13(14,15)16)11-20(6,7)17-19(4)5;1-12(2,11-15(4,5)6)10-14(3)13-16(7,8)9;1-9(2)7-11(5,6)8-10(3)4;;;;/h7-11,17-19H,12-13H2,1-6H3;18-19H,8-11H2,1-7H3;14H,10-11H2,1-9H3;9-10H,7H2,1-6H3;4*1H4. The zero-order valence-corrected chi connectivity index (χ0v) is 62.4. The molecule has 19 heteroatoms. The van der Waals surface area contributed by atoms with Crippen molar-refractivity contribution in [2.75, 3.05) is 0 Å². The van der Waals surface area contributed by atoms with Gasteiger partial charge in [0.2, 0.25) is 0 Å². The minimum Gasteiger partial charge on any atom is -0.460 e. The molecule has 1 rings (SSSR count). The summed E-state index contributed by atoms with van der Waals surface area (Å²) in [6.45, 7) is 65.1. The molecule has 4 atom stereocenters. The van der Waals surface area contributed by atoms with Gasteiger partial charge in [0, 0.05) is 40.9 Å². The van der Waals surface area contributed by atoms with Crippen LogP contribution in [0.1, 0.15) is 75.8 Å². The first-order valence-corrected chi connectivity index (χ1v) is 62.0. The van der Waals surface area contributed by atoms with E-state index in [1.807, 2.05) is 6.92 Å². The summed E-state index contributed by atoms with van der Waals surface area (Å²) in [4.78, 5) is 0. The van der Waals surface area contributed by atoms with Crippen molar-refractivity contribution in [2.24, 2.45) is 10.8 Å². The Kier molecular flexibility index (Phi) is 46.5. The van der Waals surface area contributed by atoms with Crippen LogP contribution in [0.15, 0.2) is 30.3 Å². The van der Waals surface area contributed by atoms with Crippen LogP contribution in [0.25, 0.3) is 0 Å². The molecule has 0 N–H and O–H groups in total. The molecular weight excluding hydrogens is 1070 g/mol. The van der Waals surface area contributed by atoms with E-state index < -0.39 is 117 Å². The predicted molar refractivity (Wildman–Crippen MR) is 357 cm³/mol. The van der Waals surface area contributed by atoms with Crippen molar-refractivity contribution in [3.05, 3.63) is 35.9 Å². The summed E-state index contributed by atoms with van der Waals surface area (Å²) < 4.78 is 62.4. The second-order valence-electron chi connectivity index (χ2n) is 27.0. The van der Waals surface area contributed by atoms with Crippen LogP contribution >= 0.6 is 0 Å². The third kappa shape index (κ3) is 52.9. The second-order valence-corrected chi connectivity index (χ2v) is 69.2. The average Bonchev–Trinajstić information content (AvgIpc) is 2.99. The second kappa shape index (κ2) is 38.1. The number of benzene rings is 1. The van der Waals surface area contributed by atoms with Crippen LogP contribution in [0.2, 0.25) is 199 Å². The van der Waals surface area contributed by atoms with E-state index in [-0.39, 0.29) is 41.5 Å².